The first-order valence-corrected chi connectivity index (χ1v) is 6.11. The molecule has 1 aromatic rings. The van der Waals surface area contributed by atoms with Crippen molar-refractivity contribution in [1.82, 2.24) is 4.98 Å². The van der Waals surface area contributed by atoms with Gasteiger partial charge in [-0.3, -0.25) is 14.7 Å². The number of pyridine rings is 1. The second-order valence-electron chi connectivity index (χ2n) is 3.47. The maximum absolute atomic E-state index is 11.3. The number of hydrogen-bond donors (Lipinski definition) is 1. The Morgan fingerprint density at radius 2 is 2.00 bits per heavy atom. The molecule has 0 saturated heterocycles. The number of anilines is 1. The molecular formula is C13H21N3O3. The molecule has 0 spiro atoms. The normalized spacial score (nSPS) is 9.05. The van der Waals surface area contributed by atoms with Crippen molar-refractivity contribution in [1.29, 1.82) is 0 Å². The van der Waals surface area contributed by atoms with E-state index in [9.17, 15) is 9.59 Å². The number of urea groups is 1. The van der Waals surface area contributed by atoms with Crippen molar-refractivity contribution in [2.24, 2.45) is 5.73 Å². The van der Waals surface area contributed by atoms with Crippen LogP contribution in [0.15, 0.2) is 18.3 Å². The van der Waals surface area contributed by atoms with Gasteiger partial charge in [0.25, 0.3) is 0 Å². The zero-order valence-corrected chi connectivity index (χ0v) is 11.8. The highest BCUT2D eigenvalue weighted by Crippen LogP contribution is 2.13. The Morgan fingerprint density at radius 3 is 2.42 bits per heavy atom. The summed E-state index contributed by atoms with van der Waals surface area (Å²) in [5.74, 6) is -0.392. The van der Waals surface area contributed by atoms with Crippen LogP contribution in [0.4, 0.5) is 10.5 Å². The molecule has 6 nitrogen and oxygen atoms in total. The predicted molar refractivity (Wildman–Crippen MR) is 73.9 cm³/mol. The maximum Gasteiger partial charge on any atom is 0.319 e. The molecule has 0 radical (unpaired) electrons. The van der Waals surface area contributed by atoms with Gasteiger partial charge in [0.15, 0.2) is 0 Å². The summed E-state index contributed by atoms with van der Waals surface area (Å²) in [5.41, 5.74) is 6.64. The van der Waals surface area contributed by atoms with Gasteiger partial charge in [-0.15, -0.1) is 0 Å². The number of esters is 1. The summed E-state index contributed by atoms with van der Waals surface area (Å²) in [6.07, 6.45) is 1.63. The summed E-state index contributed by atoms with van der Waals surface area (Å²) in [4.78, 5) is 27.6. The highest BCUT2D eigenvalue weighted by molar-refractivity contribution is 5.91. The molecule has 2 N–H and O–H groups in total. The topological polar surface area (TPSA) is 85.5 Å². The minimum absolute atomic E-state index is 0.0906. The average Bonchev–Trinajstić information content (AvgIpc) is 2.42. The molecular weight excluding hydrogens is 246 g/mol. The zero-order valence-electron chi connectivity index (χ0n) is 11.8. The lowest BCUT2D eigenvalue weighted by Crippen LogP contribution is -2.37. The van der Waals surface area contributed by atoms with E-state index in [4.69, 9.17) is 5.73 Å². The Hall–Kier alpha value is -2.11. The summed E-state index contributed by atoms with van der Waals surface area (Å²) in [6.45, 7) is 6.01. The van der Waals surface area contributed by atoms with Gasteiger partial charge < -0.3 is 10.5 Å². The fourth-order valence-electron chi connectivity index (χ4n) is 1.29. The quantitative estimate of drug-likeness (QED) is 0.844. The van der Waals surface area contributed by atoms with Crippen LogP contribution in [-0.4, -0.2) is 30.6 Å². The lowest BCUT2D eigenvalue weighted by Gasteiger charge is -2.19. The number of nitrogens with zero attached hydrogens (tertiary/aromatic N) is 2. The molecule has 0 aromatic carbocycles. The van der Waals surface area contributed by atoms with E-state index in [1.807, 2.05) is 20.8 Å². The fraction of sp³-hybridized carbons (Fsp3) is 0.462. The number of carbonyl (C=O) groups is 2. The lowest BCUT2D eigenvalue weighted by atomic mass is 10.3. The standard InChI is InChI=1S/C11H15N3O3.C2H6/c1-8-3-4-9(7-13-8)14(11(12)16)6-5-10(15)17-2;1-2/h3-4,7H,5-6H2,1-2H3,(H2,12,16);1-2H3. The molecule has 0 aliphatic rings. The Balaban J connectivity index is 0.00000154. The third-order valence-corrected chi connectivity index (χ3v) is 2.24. The number of rotatable bonds is 4. The van der Waals surface area contributed by atoms with Crippen LogP contribution in [0.25, 0.3) is 0 Å². The Morgan fingerprint density at radius 1 is 1.37 bits per heavy atom. The highest BCUT2D eigenvalue weighted by atomic mass is 16.5. The number of hydrogen-bond acceptors (Lipinski definition) is 4. The minimum atomic E-state index is -0.625. The Labute approximate surface area is 113 Å². The van der Waals surface area contributed by atoms with Crippen molar-refractivity contribution >= 4 is 17.7 Å². The summed E-state index contributed by atoms with van der Waals surface area (Å²) >= 11 is 0. The number of aryl methyl sites for hydroxylation is 1. The van der Waals surface area contributed by atoms with E-state index >= 15 is 0 Å². The van der Waals surface area contributed by atoms with Gasteiger partial charge in [0, 0.05) is 12.2 Å². The first-order chi connectivity index (χ1) is 9.04. The molecule has 0 aliphatic carbocycles. The molecule has 106 valence electrons. The number of aromatic nitrogens is 1. The molecule has 0 atom stereocenters. The van der Waals surface area contributed by atoms with Crippen LogP contribution < -0.4 is 10.6 Å². The number of carbonyl (C=O) groups excluding carboxylic acids is 2. The van der Waals surface area contributed by atoms with Crippen molar-refractivity contribution in [3.63, 3.8) is 0 Å². The van der Waals surface area contributed by atoms with E-state index in [1.165, 1.54) is 18.2 Å². The van der Waals surface area contributed by atoms with Crippen molar-refractivity contribution in [3.8, 4) is 0 Å². The van der Waals surface area contributed by atoms with E-state index in [0.29, 0.717) is 5.69 Å². The third-order valence-electron chi connectivity index (χ3n) is 2.24. The predicted octanol–water partition coefficient (Wildman–Crippen LogP) is 1.86. The van der Waals surface area contributed by atoms with Gasteiger partial charge in [-0.05, 0) is 19.1 Å². The Kier molecular flexibility index (Phi) is 7.92. The second-order valence-corrected chi connectivity index (χ2v) is 3.47. The number of primary amides is 1. The molecule has 1 aromatic heterocycles. The number of ether oxygens (including phenoxy) is 1. The van der Waals surface area contributed by atoms with Crippen LogP contribution in [-0.2, 0) is 9.53 Å². The number of nitrogens with two attached hydrogens (primary N) is 1. The highest BCUT2D eigenvalue weighted by Gasteiger charge is 2.14. The second kappa shape index (κ2) is 8.91. The van der Waals surface area contributed by atoms with Crippen LogP contribution in [0.1, 0.15) is 26.0 Å². The van der Waals surface area contributed by atoms with E-state index in [0.717, 1.165) is 5.69 Å². The van der Waals surface area contributed by atoms with E-state index in [1.54, 1.807) is 12.1 Å². The minimum Gasteiger partial charge on any atom is -0.469 e. The molecule has 2 amide bonds. The zero-order chi connectivity index (χ0) is 14.8. The third kappa shape index (κ3) is 5.85. The molecule has 0 unspecified atom stereocenters. The number of amides is 2. The van der Waals surface area contributed by atoms with Crippen LogP contribution in [0, 0.1) is 6.92 Å². The van der Waals surface area contributed by atoms with E-state index in [-0.39, 0.29) is 13.0 Å². The fourth-order valence-corrected chi connectivity index (χ4v) is 1.29. The molecule has 1 rings (SSSR count). The monoisotopic (exact) mass is 267 g/mol. The van der Waals surface area contributed by atoms with Crippen molar-refractivity contribution in [2.45, 2.75) is 27.2 Å². The first-order valence-electron chi connectivity index (χ1n) is 6.11. The SMILES string of the molecule is CC.COC(=O)CCN(C(N)=O)c1ccc(C)nc1. The van der Waals surface area contributed by atoms with E-state index in [2.05, 4.69) is 9.72 Å². The van der Waals surface area contributed by atoms with Crippen molar-refractivity contribution in [3.05, 3.63) is 24.0 Å². The molecule has 0 saturated carbocycles. The summed E-state index contributed by atoms with van der Waals surface area (Å²) < 4.78 is 4.50. The number of methoxy groups -OCH3 is 1. The van der Waals surface area contributed by atoms with Gasteiger partial charge in [-0.1, -0.05) is 13.8 Å². The first kappa shape index (κ1) is 16.9. The van der Waals surface area contributed by atoms with Gasteiger partial charge in [-0.25, -0.2) is 4.79 Å². The van der Waals surface area contributed by atoms with Crippen LogP contribution in [0.2, 0.25) is 0 Å². The van der Waals surface area contributed by atoms with Crippen LogP contribution in [0.3, 0.4) is 0 Å². The summed E-state index contributed by atoms with van der Waals surface area (Å²) in [5, 5.41) is 0. The summed E-state index contributed by atoms with van der Waals surface area (Å²) in [7, 11) is 1.30. The lowest BCUT2D eigenvalue weighted by molar-refractivity contribution is -0.140. The van der Waals surface area contributed by atoms with E-state index < -0.39 is 12.0 Å². The molecule has 1 heterocycles. The van der Waals surface area contributed by atoms with Crippen molar-refractivity contribution in [2.75, 3.05) is 18.6 Å². The maximum atomic E-state index is 11.3. The molecule has 0 bridgehead atoms. The van der Waals surface area contributed by atoms with Gasteiger partial charge in [0.05, 0.1) is 25.4 Å². The molecule has 19 heavy (non-hydrogen) atoms. The summed E-state index contributed by atoms with van der Waals surface area (Å²) in [6, 6.07) is 2.87. The van der Waals surface area contributed by atoms with Crippen molar-refractivity contribution < 1.29 is 14.3 Å². The smallest absolute Gasteiger partial charge is 0.319 e. The molecule has 6 heteroatoms. The van der Waals surface area contributed by atoms with Crippen LogP contribution >= 0.6 is 0 Å². The van der Waals surface area contributed by atoms with Gasteiger partial charge in [0.1, 0.15) is 0 Å². The van der Waals surface area contributed by atoms with Gasteiger partial charge >= 0.3 is 12.0 Å². The molecule has 0 fully saturated rings. The van der Waals surface area contributed by atoms with Gasteiger partial charge in [-0.2, -0.15) is 0 Å². The van der Waals surface area contributed by atoms with Gasteiger partial charge in [0.2, 0.25) is 0 Å². The molecule has 0 aliphatic heterocycles. The Bertz CT molecular complexity index is 404. The largest absolute Gasteiger partial charge is 0.469 e. The van der Waals surface area contributed by atoms with Crippen LogP contribution in [0.5, 0.6) is 0 Å². The average molecular weight is 267 g/mol.